The molecule has 1 aliphatic heterocycles. The van der Waals surface area contributed by atoms with Crippen molar-refractivity contribution in [1.29, 1.82) is 0 Å². The largest absolute Gasteiger partial charge is 0.338 e. The molecule has 1 saturated heterocycles. The third-order valence-corrected chi connectivity index (χ3v) is 5.71. The normalized spacial score (nSPS) is 24.6. The average molecular weight is 340 g/mol. The Balaban J connectivity index is 1.69. The number of amides is 1. The lowest BCUT2D eigenvalue weighted by atomic mass is 9.91. The van der Waals surface area contributed by atoms with Crippen LogP contribution in [0.5, 0.6) is 0 Å². The molecule has 5 heteroatoms. The number of hydrogen-bond acceptors (Lipinski definition) is 3. The Morgan fingerprint density at radius 1 is 1.04 bits per heavy atom. The Bertz CT molecular complexity index is 771. The molecule has 2 aromatic heterocycles. The minimum absolute atomic E-state index is 0.0895. The Morgan fingerprint density at radius 3 is 2.52 bits per heavy atom. The van der Waals surface area contributed by atoms with Crippen LogP contribution in [0.1, 0.15) is 67.6 Å². The van der Waals surface area contributed by atoms with Crippen LogP contribution in [0.3, 0.4) is 0 Å². The number of aryl methyl sites for hydroxylation is 2. The van der Waals surface area contributed by atoms with E-state index < -0.39 is 0 Å². The van der Waals surface area contributed by atoms with Gasteiger partial charge in [0.2, 0.25) is 0 Å². The molecule has 0 saturated carbocycles. The monoisotopic (exact) mass is 340 g/mol. The minimum atomic E-state index is 0.0895. The number of fused-ring (bicyclic) bond motifs is 3. The molecule has 1 aliphatic carbocycles. The number of hydrogen-bond donors (Lipinski definition) is 0. The lowest BCUT2D eigenvalue weighted by Gasteiger charge is -2.34. The van der Waals surface area contributed by atoms with Gasteiger partial charge in [0.25, 0.3) is 5.91 Å². The summed E-state index contributed by atoms with van der Waals surface area (Å²) in [5.74, 6) is 1.21. The highest BCUT2D eigenvalue weighted by molar-refractivity contribution is 5.99. The van der Waals surface area contributed by atoms with Crippen LogP contribution in [-0.4, -0.2) is 38.5 Å². The van der Waals surface area contributed by atoms with Crippen molar-refractivity contribution in [1.82, 2.24) is 19.5 Å². The number of aromatic nitrogens is 3. The molecule has 0 N–H and O–H groups in total. The predicted molar refractivity (Wildman–Crippen MR) is 97.7 cm³/mol. The predicted octanol–water partition coefficient (Wildman–Crippen LogP) is 3.51. The van der Waals surface area contributed by atoms with Gasteiger partial charge in [-0.1, -0.05) is 26.7 Å². The summed E-state index contributed by atoms with van der Waals surface area (Å²) in [7, 11) is 0. The van der Waals surface area contributed by atoms with Gasteiger partial charge in [0.15, 0.2) is 5.65 Å². The van der Waals surface area contributed by atoms with Crippen LogP contribution in [0.15, 0.2) is 12.4 Å². The van der Waals surface area contributed by atoms with Crippen LogP contribution in [0, 0.1) is 11.8 Å². The number of likely N-dealkylation sites (tertiary alicyclic amines) is 1. The third kappa shape index (κ3) is 3.16. The molecule has 3 heterocycles. The third-order valence-electron chi connectivity index (χ3n) is 5.71. The SMILES string of the molecule is C[C@@H]1C[C@H](C)CN(C(=O)c2cnn3c4c(cnc23)CCCCCC4)C1. The van der Waals surface area contributed by atoms with Gasteiger partial charge in [-0.2, -0.15) is 5.10 Å². The van der Waals surface area contributed by atoms with Gasteiger partial charge < -0.3 is 4.90 Å². The van der Waals surface area contributed by atoms with Gasteiger partial charge in [0.1, 0.15) is 5.56 Å². The molecule has 2 atom stereocenters. The van der Waals surface area contributed by atoms with Crippen molar-refractivity contribution in [3.05, 3.63) is 29.2 Å². The number of rotatable bonds is 1. The highest BCUT2D eigenvalue weighted by Crippen LogP contribution is 2.25. The standard InChI is InChI=1S/C20H28N4O/c1-14-9-15(2)13-23(12-14)20(25)17-11-22-24-18-8-6-4-3-5-7-16(18)10-21-19(17)24/h10-11,14-15H,3-9,12-13H2,1-2H3/t14-,15+. The first-order chi connectivity index (χ1) is 12.1. The molecular formula is C20H28N4O. The molecule has 1 fully saturated rings. The molecule has 0 radical (unpaired) electrons. The molecule has 1 amide bonds. The van der Waals surface area contributed by atoms with E-state index in [1.165, 1.54) is 43.4 Å². The van der Waals surface area contributed by atoms with Gasteiger partial charge in [-0.15, -0.1) is 0 Å². The van der Waals surface area contributed by atoms with Crippen LogP contribution in [0.4, 0.5) is 0 Å². The topological polar surface area (TPSA) is 50.5 Å². The van der Waals surface area contributed by atoms with E-state index in [0.717, 1.165) is 31.6 Å². The van der Waals surface area contributed by atoms with Crippen LogP contribution in [0.25, 0.3) is 5.65 Å². The van der Waals surface area contributed by atoms with Crippen molar-refractivity contribution in [2.75, 3.05) is 13.1 Å². The molecule has 0 spiro atoms. The van der Waals surface area contributed by atoms with Crippen molar-refractivity contribution in [3.8, 4) is 0 Å². The van der Waals surface area contributed by atoms with E-state index in [9.17, 15) is 4.79 Å². The van der Waals surface area contributed by atoms with E-state index in [-0.39, 0.29) is 5.91 Å². The second-order valence-corrected chi connectivity index (χ2v) is 8.09. The highest BCUT2D eigenvalue weighted by Gasteiger charge is 2.28. The molecule has 4 rings (SSSR count). The summed E-state index contributed by atoms with van der Waals surface area (Å²) in [4.78, 5) is 19.7. The minimum Gasteiger partial charge on any atom is -0.338 e. The Labute approximate surface area is 149 Å². The molecule has 2 aliphatic rings. The lowest BCUT2D eigenvalue weighted by Crippen LogP contribution is -2.42. The summed E-state index contributed by atoms with van der Waals surface area (Å²) in [5, 5.41) is 4.56. The van der Waals surface area contributed by atoms with Crippen molar-refractivity contribution in [2.45, 2.75) is 58.8 Å². The summed E-state index contributed by atoms with van der Waals surface area (Å²) < 4.78 is 1.94. The van der Waals surface area contributed by atoms with Crippen molar-refractivity contribution < 1.29 is 4.79 Å². The summed E-state index contributed by atoms with van der Waals surface area (Å²) in [6.07, 6.45) is 12.0. The molecule has 5 nitrogen and oxygen atoms in total. The fraction of sp³-hybridized carbons (Fsp3) is 0.650. The van der Waals surface area contributed by atoms with E-state index in [4.69, 9.17) is 0 Å². The lowest BCUT2D eigenvalue weighted by molar-refractivity contribution is 0.0625. The van der Waals surface area contributed by atoms with Crippen molar-refractivity contribution >= 4 is 11.6 Å². The van der Waals surface area contributed by atoms with Gasteiger partial charge in [-0.25, -0.2) is 9.50 Å². The Morgan fingerprint density at radius 2 is 1.76 bits per heavy atom. The quantitative estimate of drug-likeness (QED) is 0.798. The zero-order valence-electron chi connectivity index (χ0n) is 15.4. The molecule has 2 aromatic rings. The first kappa shape index (κ1) is 16.6. The van der Waals surface area contributed by atoms with E-state index in [0.29, 0.717) is 17.4 Å². The zero-order valence-corrected chi connectivity index (χ0v) is 15.4. The molecule has 134 valence electrons. The number of nitrogens with zero attached hydrogens (tertiary/aromatic N) is 4. The summed E-state index contributed by atoms with van der Waals surface area (Å²) in [5.41, 5.74) is 3.94. The van der Waals surface area contributed by atoms with Crippen molar-refractivity contribution in [3.63, 3.8) is 0 Å². The van der Waals surface area contributed by atoms with Crippen LogP contribution in [-0.2, 0) is 12.8 Å². The van der Waals surface area contributed by atoms with Crippen molar-refractivity contribution in [2.24, 2.45) is 11.8 Å². The fourth-order valence-corrected chi connectivity index (χ4v) is 4.60. The number of carbonyl (C=O) groups excluding carboxylic acids is 1. The Hall–Kier alpha value is -1.91. The highest BCUT2D eigenvalue weighted by atomic mass is 16.2. The van der Waals surface area contributed by atoms with Gasteiger partial charge in [0, 0.05) is 25.0 Å². The van der Waals surface area contributed by atoms with Gasteiger partial charge in [-0.3, -0.25) is 4.79 Å². The summed E-state index contributed by atoms with van der Waals surface area (Å²) in [6.45, 7) is 6.14. The molecular weight excluding hydrogens is 312 g/mol. The summed E-state index contributed by atoms with van der Waals surface area (Å²) >= 11 is 0. The number of piperidine rings is 1. The molecule has 25 heavy (non-hydrogen) atoms. The second-order valence-electron chi connectivity index (χ2n) is 8.09. The maximum atomic E-state index is 13.1. The van der Waals surface area contributed by atoms with Crippen LogP contribution < -0.4 is 0 Å². The zero-order chi connectivity index (χ0) is 17.4. The molecule has 0 unspecified atom stereocenters. The maximum Gasteiger partial charge on any atom is 0.259 e. The second kappa shape index (κ2) is 6.77. The molecule has 0 aromatic carbocycles. The van der Waals surface area contributed by atoms with Crippen LogP contribution >= 0.6 is 0 Å². The molecule has 0 bridgehead atoms. The first-order valence-corrected chi connectivity index (χ1v) is 9.77. The smallest absolute Gasteiger partial charge is 0.259 e. The van der Waals surface area contributed by atoms with E-state index in [1.807, 2.05) is 15.6 Å². The van der Waals surface area contributed by atoms with Gasteiger partial charge >= 0.3 is 0 Å². The average Bonchev–Trinajstić information content (AvgIpc) is 2.97. The van der Waals surface area contributed by atoms with Gasteiger partial charge in [0.05, 0.1) is 6.20 Å². The van der Waals surface area contributed by atoms with Gasteiger partial charge in [-0.05, 0) is 49.5 Å². The first-order valence-electron chi connectivity index (χ1n) is 9.77. The maximum absolute atomic E-state index is 13.1. The summed E-state index contributed by atoms with van der Waals surface area (Å²) in [6, 6.07) is 0. The van der Waals surface area contributed by atoms with E-state index >= 15 is 0 Å². The van der Waals surface area contributed by atoms with E-state index in [1.54, 1.807) is 6.20 Å². The Kier molecular flexibility index (Phi) is 4.48. The van der Waals surface area contributed by atoms with E-state index in [2.05, 4.69) is 23.9 Å². The number of carbonyl (C=O) groups is 1. The van der Waals surface area contributed by atoms with Crippen LogP contribution in [0.2, 0.25) is 0 Å². The fourth-order valence-electron chi connectivity index (χ4n) is 4.60.